The summed E-state index contributed by atoms with van der Waals surface area (Å²) in [5, 5.41) is 13.1. The maximum Gasteiger partial charge on any atom is 0.259 e. The molecular weight excluding hydrogens is 673 g/mol. The predicted octanol–water partition coefficient (Wildman–Crippen LogP) is 8.45. The van der Waals surface area contributed by atoms with Gasteiger partial charge in [0.2, 0.25) is 0 Å². The van der Waals surface area contributed by atoms with Gasteiger partial charge in [-0.15, -0.1) is 11.3 Å². The van der Waals surface area contributed by atoms with Crippen LogP contribution >= 0.6 is 49.9 Å². The van der Waals surface area contributed by atoms with Crippen LogP contribution in [0.15, 0.2) is 76.2 Å². The molecule has 5 nitrogen and oxygen atoms in total. The van der Waals surface area contributed by atoms with Crippen molar-refractivity contribution >= 4 is 72.7 Å². The Kier molecular flexibility index (Phi) is 8.57. The third-order valence-corrected chi connectivity index (χ3v) is 8.86. The quantitative estimate of drug-likeness (QED) is 0.156. The van der Waals surface area contributed by atoms with Gasteiger partial charge in [-0.3, -0.25) is 4.79 Å². The van der Waals surface area contributed by atoms with E-state index < -0.39 is 0 Å². The van der Waals surface area contributed by atoms with Gasteiger partial charge in [-0.05, 0) is 106 Å². The smallest absolute Gasteiger partial charge is 0.259 e. The number of ether oxygens (including phenoxy) is 1. The lowest BCUT2D eigenvalue weighted by atomic mass is 9.95. The largest absolute Gasteiger partial charge is 0.487 e. The number of carbonyl (C=O) groups excluding carboxylic acids is 1. The molecule has 1 amide bonds. The van der Waals surface area contributed by atoms with Crippen molar-refractivity contribution in [1.82, 2.24) is 0 Å². The Hall–Kier alpha value is -3.00. The van der Waals surface area contributed by atoms with E-state index in [1.165, 1.54) is 4.88 Å². The summed E-state index contributed by atoms with van der Waals surface area (Å²) in [6.45, 7) is 0.298. The predicted molar refractivity (Wildman–Crippen MR) is 165 cm³/mol. The maximum absolute atomic E-state index is 13.3. The Labute approximate surface area is 247 Å². The summed E-state index contributed by atoms with van der Waals surface area (Å²) >= 11 is 7.50. The first kappa shape index (κ1) is 26.6. The number of anilines is 1. The Bertz CT molecular complexity index is 1540. The van der Waals surface area contributed by atoms with Crippen LogP contribution in [0.3, 0.4) is 0 Å². The summed E-state index contributed by atoms with van der Waals surface area (Å²) in [7, 11) is 0. The van der Waals surface area contributed by atoms with Crippen molar-refractivity contribution in [2.24, 2.45) is 4.99 Å². The van der Waals surface area contributed by atoms with E-state index in [0.717, 1.165) is 61.1 Å². The minimum atomic E-state index is -0.111. The van der Waals surface area contributed by atoms with Crippen LogP contribution in [0.1, 0.15) is 50.3 Å². The van der Waals surface area contributed by atoms with Crippen LogP contribution in [-0.2, 0) is 19.4 Å². The number of thiophene rings is 1. The molecule has 0 bridgehead atoms. The van der Waals surface area contributed by atoms with Crippen LogP contribution in [0.25, 0.3) is 0 Å². The molecule has 4 aromatic rings. The maximum atomic E-state index is 13.3. The van der Waals surface area contributed by atoms with Crippen molar-refractivity contribution in [1.29, 1.82) is 5.26 Å². The number of aliphatic imine (C=N–C) groups is 1. The van der Waals surface area contributed by atoms with E-state index in [-0.39, 0.29) is 5.91 Å². The zero-order chi connectivity index (χ0) is 26.5. The lowest BCUT2D eigenvalue weighted by molar-refractivity contribution is 0.102. The van der Waals surface area contributed by atoms with Crippen molar-refractivity contribution in [3.05, 3.63) is 107 Å². The topological polar surface area (TPSA) is 74.5 Å². The van der Waals surface area contributed by atoms with E-state index in [2.05, 4.69) is 49.9 Å². The van der Waals surface area contributed by atoms with Gasteiger partial charge in [0.05, 0.1) is 25.2 Å². The second-order valence-corrected chi connectivity index (χ2v) is 11.9. The molecule has 8 heteroatoms. The number of nitrogens with zero attached hydrogens (tertiary/aromatic N) is 2. The van der Waals surface area contributed by atoms with Crippen molar-refractivity contribution in [2.45, 2.75) is 32.3 Å². The highest BCUT2D eigenvalue weighted by Gasteiger charge is 2.25. The number of amides is 1. The standard InChI is InChI=1S/C30H23BrIN3O2S/c31-24-14-19(15-25(32)28(24)37-18-21-9-5-4-8-20(21)16-33)17-34-30-27(23-12-6-7-13-26(23)38-30)29(36)35-22-10-2-1-3-11-22/h1-5,8-11,14-15,17H,6-7,12-13,18H2,(H,35,36). The SMILES string of the molecule is N#Cc1ccccc1COc1c(Br)cc(C=Nc2sc3c(c2C(=O)Nc2ccccc2)CCCC3)cc1I. The van der Waals surface area contributed by atoms with Crippen LogP contribution < -0.4 is 10.1 Å². The zero-order valence-corrected chi connectivity index (χ0v) is 24.9. The van der Waals surface area contributed by atoms with Crippen LogP contribution in [0.5, 0.6) is 5.75 Å². The number of hydrogen-bond donors (Lipinski definition) is 1. The summed E-state index contributed by atoms with van der Waals surface area (Å²) in [4.78, 5) is 19.4. The minimum Gasteiger partial charge on any atom is -0.487 e. The molecule has 5 rings (SSSR count). The molecule has 0 fully saturated rings. The van der Waals surface area contributed by atoms with Gasteiger partial charge in [-0.25, -0.2) is 4.99 Å². The van der Waals surface area contributed by atoms with E-state index in [1.54, 1.807) is 23.6 Å². The van der Waals surface area contributed by atoms with E-state index in [0.29, 0.717) is 23.5 Å². The molecule has 0 aliphatic heterocycles. The normalized spacial score (nSPS) is 12.7. The van der Waals surface area contributed by atoms with Crippen molar-refractivity contribution in [2.75, 3.05) is 5.32 Å². The summed E-state index contributed by atoms with van der Waals surface area (Å²) in [6.07, 6.45) is 5.93. The third-order valence-electron chi connectivity index (χ3n) is 6.27. The highest BCUT2D eigenvalue weighted by molar-refractivity contribution is 14.1. The van der Waals surface area contributed by atoms with E-state index >= 15 is 0 Å². The Morgan fingerprint density at radius 3 is 2.68 bits per heavy atom. The number of rotatable bonds is 7. The van der Waals surface area contributed by atoms with Gasteiger partial charge in [0, 0.05) is 22.3 Å². The number of aryl methyl sites for hydroxylation is 1. The first-order chi connectivity index (χ1) is 18.5. The van der Waals surface area contributed by atoms with Crippen LogP contribution in [-0.4, -0.2) is 12.1 Å². The first-order valence-electron chi connectivity index (χ1n) is 12.2. The summed E-state index contributed by atoms with van der Waals surface area (Å²) in [5.74, 6) is 0.602. The summed E-state index contributed by atoms with van der Waals surface area (Å²) < 4.78 is 7.79. The van der Waals surface area contributed by atoms with Crippen LogP contribution in [0, 0.1) is 14.9 Å². The third kappa shape index (κ3) is 6.01. The first-order valence-corrected chi connectivity index (χ1v) is 14.9. The number of halogens is 2. The molecule has 1 N–H and O–H groups in total. The molecule has 3 aromatic carbocycles. The molecule has 0 saturated carbocycles. The molecule has 0 unspecified atom stereocenters. The number of nitriles is 1. The average molecular weight is 696 g/mol. The molecule has 1 heterocycles. The van der Waals surface area contributed by atoms with Gasteiger partial charge in [-0.1, -0.05) is 36.4 Å². The second-order valence-electron chi connectivity index (χ2n) is 8.84. The Morgan fingerprint density at radius 2 is 1.89 bits per heavy atom. The molecule has 38 heavy (non-hydrogen) atoms. The lowest BCUT2D eigenvalue weighted by Crippen LogP contribution is -2.14. The number of carbonyl (C=O) groups is 1. The van der Waals surface area contributed by atoms with E-state index in [1.807, 2.05) is 60.7 Å². The number of para-hydroxylation sites is 1. The van der Waals surface area contributed by atoms with Crippen molar-refractivity contribution in [3.8, 4) is 11.8 Å². The van der Waals surface area contributed by atoms with Gasteiger partial charge >= 0.3 is 0 Å². The molecular formula is C30H23BrIN3O2S. The van der Waals surface area contributed by atoms with Crippen LogP contribution in [0.4, 0.5) is 10.7 Å². The molecule has 190 valence electrons. The molecule has 0 radical (unpaired) electrons. The number of benzene rings is 3. The summed E-state index contributed by atoms with van der Waals surface area (Å²) in [6, 6.07) is 23.1. The minimum absolute atomic E-state index is 0.111. The highest BCUT2D eigenvalue weighted by atomic mass is 127. The second kappa shape index (κ2) is 12.2. The Morgan fingerprint density at radius 1 is 1.13 bits per heavy atom. The molecule has 0 spiro atoms. The van der Waals surface area contributed by atoms with Gasteiger partial charge in [-0.2, -0.15) is 5.26 Å². The van der Waals surface area contributed by atoms with E-state index in [4.69, 9.17) is 9.73 Å². The molecule has 1 aliphatic carbocycles. The fourth-order valence-electron chi connectivity index (χ4n) is 4.42. The van der Waals surface area contributed by atoms with Crippen LogP contribution in [0.2, 0.25) is 0 Å². The number of fused-ring (bicyclic) bond motifs is 1. The fraction of sp³-hybridized carbons (Fsp3) is 0.167. The zero-order valence-electron chi connectivity index (χ0n) is 20.3. The van der Waals surface area contributed by atoms with E-state index in [9.17, 15) is 10.1 Å². The van der Waals surface area contributed by atoms with Crippen molar-refractivity contribution < 1.29 is 9.53 Å². The molecule has 1 aromatic heterocycles. The monoisotopic (exact) mass is 695 g/mol. The fourth-order valence-corrected chi connectivity index (χ4v) is 7.42. The molecule has 0 saturated heterocycles. The highest BCUT2D eigenvalue weighted by Crippen LogP contribution is 2.40. The number of nitrogens with one attached hydrogen (secondary N) is 1. The molecule has 1 aliphatic rings. The van der Waals surface area contributed by atoms with Gasteiger partial charge in [0.1, 0.15) is 17.4 Å². The number of hydrogen-bond acceptors (Lipinski definition) is 5. The average Bonchev–Trinajstić information content (AvgIpc) is 3.31. The van der Waals surface area contributed by atoms with Crippen molar-refractivity contribution in [3.63, 3.8) is 0 Å². The van der Waals surface area contributed by atoms with Gasteiger partial charge < -0.3 is 10.1 Å². The molecule has 0 atom stereocenters. The lowest BCUT2D eigenvalue weighted by Gasteiger charge is -2.13. The summed E-state index contributed by atoms with van der Waals surface area (Å²) in [5.41, 5.74) is 4.94. The Balaban J connectivity index is 1.39. The van der Waals surface area contributed by atoms with Gasteiger partial charge in [0.25, 0.3) is 5.91 Å². The van der Waals surface area contributed by atoms with Gasteiger partial charge in [0.15, 0.2) is 0 Å².